The zero-order chi connectivity index (χ0) is 11.9. The number of fused-ring (bicyclic) bond motifs is 1. The summed E-state index contributed by atoms with van der Waals surface area (Å²) in [5, 5.41) is 3.73. The molecule has 0 saturated heterocycles. The van der Waals surface area contributed by atoms with Crippen LogP contribution in [0.25, 0.3) is 0 Å². The molecule has 0 bridgehead atoms. The van der Waals surface area contributed by atoms with Crippen molar-refractivity contribution >= 4 is 0 Å². The molecule has 0 aromatic heterocycles. The Kier molecular flexibility index (Phi) is 2.74. The van der Waals surface area contributed by atoms with Crippen LogP contribution in [0.3, 0.4) is 0 Å². The number of hydrogen-bond donors (Lipinski definition) is 1. The van der Waals surface area contributed by atoms with Crippen molar-refractivity contribution in [2.75, 3.05) is 0 Å². The monoisotopic (exact) mass is 229 g/mol. The van der Waals surface area contributed by atoms with Crippen LogP contribution in [-0.4, -0.2) is 5.54 Å². The van der Waals surface area contributed by atoms with Gasteiger partial charge in [0.25, 0.3) is 0 Å². The first-order valence-corrected chi connectivity index (χ1v) is 7.01. The lowest BCUT2D eigenvalue weighted by molar-refractivity contribution is 0.339. The molecule has 1 saturated carbocycles. The zero-order valence-electron chi connectivity index (χ0n) is 11.1. The van der Waals surface area contributed by atoms with Crippen molar-refractivity contribution in [1.29, 1.82) is 0 Å². The van der Waals surface area contributed by atoms with Crippen molar-refractivity contribution in [1.82, 2.24) is 5.32 Å². The summed E-state index contributed by atoms with van der Waals surface area (Å²) in [5.74, 6) is 0.900. The fourth-order valence-corrected chi connectivity index (χ4v) is 3.01. The Morgan fingerprint density at radius 1 is 1.18 bits per heavy atom. The fourth-order valence-electron chi connectivity index (χ4n) is 3.01. The molecule has 0 aliphatic heterocycles. The average molecular weight is 229 g/mol. The smallest absolute Gasteiger partial charge is 0.0210 e. The van der Waals surface area contributed by atoms with Crippen LogP contribution in [0.4, 0.5) is 0 Å². The second kappa shape index (κ2) is 4.13. The van der Waals surface area contributed by atoms with Crippen LogP contribution in [0.1, 0.15) is 49.8 Å². The second-order valence-electron chi connectivity index (χ2n) is 6.31. The van der Waals surface area contributed by atoms with Gasteiger partial charge < -0.3 is 5.32 Å². The third kappa shape index (κ3) is 2.40. The van der Waals surface area contributed by atoms with Gasteiger partial charge in [-0.3, -0.25) is 0 Å². The highest BCUT2D eigenvalue weighted by atomic mass is 15.0. The number of benzene rings is 1. The molecule has 0 amide bonds. The zero-order valence-corrected chi connectivity index (χ0v) is 11.1. The molecule has 2 aliphatic carbocycles. The first-order chi connectivity index (χ1) is 8.15. The summed E-state index contributed by atoms with van der Waals surface area (Å²) in [6, 6.07) is 7.06. The van der Waals surface area contributed by atoms with E-state index in [-0.39, 0.29) is 0 Å². The molecule has 3 rings (SSSR count). The van der Waals surface area contributed by atoms with E-state index in [0.29, 0.717) is 5.54 Å². The maximum atomic E-state index is 3.73. The van der Waals surface area contributed by atoms with Crippen LogP contribution in [-0.2, 0) is 19.4 Å². The molecular weight excluding hydrogens is 206 g/mol. The molecule has 1 N–H and O–H groups in total. The third-order valence-corrected chi connectivity index (χ3v) is 4.51. The van der Waals surface area contributed by atoms with Crippen molar-refractivity contribution in [2.45, 2.75) is 58.0 Å². The molecule has 0 atom stereocenters. The third-order valence-electron chi connectivity index (χ3n) is 4.51. The molecule has 0 unspecified atom stereocenters. The summed E-state index contributed by atoms with van der Waals surface area (Å²) in [4.78, 5) is 0. The van der Waals surface area contributed by atoms with E-state index < -0.39 is 0 Å². The Morgan fingerprint density at radius 2 is 1.94 bits per heavy atom. The largest absolute Gasteiger partial charge is 0.307 e. The molecule has 1 heteroatoms. The topological polar surface area (TPSA) is 12.0 Å². The summed E-state index contributed by atoms with van der Waals surface area (Å²) in [5.41, 5.74) is 4.95. The van der Waals surface area contributed by atoms with Crippen molar-refractivity contribution in [3.63, 3.8) is 0 Å². The van der Waals surface area contributed by atoms with Crippen molar-refractivity contribution in [3.8, 4) is 0 Å². The molecular formula is C16H23N. The Labute approximate surface area is 105 Å². The number of nitrogens with one attached hydrogen (secondary N) is 1. The maximum Gasteiger partial charge on any atom is 0.0210 e. The van der Waals surface area contributed by atoms with E-state index in [1.807, 2.05) is 0 Å². The van der Waals surface area contributed by atoms with Gasteiger partial charge in [-0.2, -0.15) is 0 Å². The first kappa shape index (κ1) is 11.3. The van der Waals surface area contributed by atoms with Gasteiger partial charge in [-0.1, -0.05) is 18.2 Å². The summed E-state index contributed by atoms with van der Waals surface area (Å²) in [6.07, 6.45) is 6.74. The standard InChI is InChI=1S/C16H23N/c1-16(2,15-8-9-15)17-11-12-6-7-13-4-3-5-14(13)10-12/h6-7,10,15,17H,3-5,8-9,11H2,1-2H3. The van der Waals surface area contributed by atoms with E-state index in [1.165, 1.54) is 37.7 Å². The minimum atomic E-state index is 0.318. The van der Waals surface area contributed by atoms with E-state index in [4.69, 9.17) is 0 Å². The number of aryl methyl sites for hydroxylation is 2. The molecule has 0 radical (unpaired) electrons. The Hall–Kier alpha value is -0.820. The van der Waals surface area contributed by atoms with Crippen molar-refractivity contribution in [2.24, 2.45) is 5.92 Å². The predicted molar refractivity (Wildman–Crippen MR) is 72.1 cm³/mol. The van der Waals surface area contributed by atoms with Crippen LogP contribution in [0.2, 0.25) is 0 Å². The van der Waals surface area contributed by atoms with Gasteiger partial charge in [0.2, 0.25) is 0 Å². The molecule has 1 nitrogen and oxygen atoms in total. The molecule has 0 heterocycles. The van der Waals surface area contributed by atoms with Gasteiger partial charge in [-0.25, -0.2) is 0 Å². The Morgan fingerprint density at radius 3 is 2.71 bits per heavy atom. The van der Waals surface area contributed by atoms with Gasteiger partial charge >= 0.3 is 0 Å². The normalized spacial score (nSPS) is 19.4. The first-order valence-electron chi connectivity index (χ1n) is 7.01. The second-order valence-corrected chi connectivity index (χ2v) is 6.31. The Bertz CT molecular complexity index is 416. The molecule has 2 aliphatic rings. The Balaban J connectivity index is 1.65. The summed E-state index contributed by atoms with van der Waals surface area (Å²) >= 11 is 0. The molecule has 17 heavy (non-hydrogen) atoms. The van der Waals surface area contributed by atoms with E-state index in [1.54, 1.807) is 11.1 Å². The highest BCUT2D eigenvalue weighted by molar-refractivity contribution is 5.35. The van der Waals surface area contributed by atoms with E-state index in [2.05, 4.69) is 37.4 Å². The van der Waals surface area contributed by atoms with Crippen LogP contribution >= 0.6 is 0 Å². The summed E-state index contributed by atoms with van der Waals surface area (Å²) in [6.45, 7) is 5.72. The van der Waals surface area contributed by atoms with Crippen LogP contribution in [0.15, 0.2) is 18.2 Å². The van der Waals surface area contributed by atoms with E-state index in [9.17, 15) is 0 Å². The number of hydrogen-bond acceptors (Lipinski definition) is 1. The lowest BCUT2D eigenvalue weighted by Crippen LogP contribution is -2.40. The van der Waals surface area contributed by atoms with Gasteiger partial charge in [0, 0.05) is 12.1 Å². The van der Waals surface area contributed by atoms with Gasteiger partial charge in [0.15, 0.2) is 0 Å². The minimum Gasteiger partial charge on any atom is -0.307 e. The molecule has 1 aromatic rings. The van der Waals surface area contributed by atoms with Crippen LogP contribution in [0.5, 0.6) is 0 Å². The maximum absolute atomic E-state index is 3.73. The molecule has 0 spiro atoms. The van der Waals surface area contributed by atoms with Crippen molar-refractivity contribution < 1.29 is 0 Å². The van der Waals surface area contributed by atoms with Crippen molar-refractivity contribution in [3.05, 3.63) is 34.9 Å². The predicted octanol–water partition coefficient (Wildman–Crippen LogP) is 3.45. The van der Waals surface area contributed by atoms with Crippen LogP contribution in [0, 0.1) is 5.92 Å². The lowest BCUT2D eigenvalue weighted by Gasteiger charge is -2.26. The summed E-state index contributed by atoms with van der Waals surface area (Å²) in [7, 11) is 0. The number of rotatable bonds is 4. The molecule has 92 valence electrons. The van der Waals surface area contributed by atoms with Gasteiger partial charge in [-0.15, -0.1) is 0 Å². The fraction of sp³-hybridized carbons (Fsp3) is 0.625. The molecule has 1 aromatic carbocycles. The minimum absolute atomic E-state index is 0.318. The quantitative estimate of drug-likeness (QED) is 0.834. The van der Waals surface area contributed by atoms with Gasteiger partial charge in [0.1, 0.15) is 0 Å². The summed E-state index contributed by atoms with van der Waals surface area (Å²) < 4.78 is 0. The van der Waals surface area contributed by atoms with Crippen LogP contribution < -0.4 is 5.32 Å². The highest BCUT2D eigenvalue weighted by Crippen LogP contribution is 2.39. The highest BCUT2D eigenvalue weighted by Gasteiger charge is 2.37. The lowest BCUT2D eigenvalue weighted by atomic mass is 9.98. The SMILES string of the molecule is CC(C)(NCc1ccc2c(c1)CCC2)C1CC1. The van der Waals surface area contributed by atoms with Gasteiger partial charge in [-0.05, 0) is 68.6 Å². The average Bonchev–Trinajstić information content (AvgIpc) is 3.07. The van der Waals surface area contributed by atoms with E-state index >= 15 is 0 Å². The van der Waals surface area contributed by atoms with Gasteiger partial charge in [0.05, 0.1) is 0 Å². The molecule has 1 fully saturated rings. The van der Waals surface area contributed by atoms with E-state index in [0.717, 1.165) is 12.5 Å².